The third-order valence-corrected chi connectivity index (χ3v) is 4.14. The lowest BCUT2D eigenvalue weighted by atomic mass is 9.72. The Hall–Kier alpha value is -0.530. The molecule has 2 aliphatic rings. The predicted octanol–water partition coefficient (Wildman–Crippen LogP) is 3.07. The van der Waals surface area contributed by atoms with Gasteiger partial charge in [0.15, 0.2) is 0 Å². The second-order valence-electron chi connectivity index (χ2n) is 4.94. The van der Waals surface area contributed by atoms with Gasteiger partial charge in [-0.3, -0.25) is 4.79 Å². The summed E-state index contributed by atoms with van der Waals surface area (Å²) in [5, 5.41) is 9.17. The zero-order valence-corrected chi connectivity index (χ0v) is 8.74. The monoisotopic (exact) mass is 196 g/mol. The first-order valence-corrected chi connectivity index (χ1v) is 6.02. The third kappa shape index (κ3) is 1.94. The first kappa shape index (κ1) is 10.0. The van der Waals surface area contributed by atoms with Crippen LogP contribution in [0.25, 0.3) is 0 Å². The Labute approximate surface area is 85.7 Å². The van der Waals surface area contributed by atoms with E-state index in [1.165, 1.54) is 38.5 Å². The Bertz CT molecular complexity index is 206. The molecule has 2 fully saturated rings. The number of carboxylic acids is 1. The first-order valence-electron chi connectivity index (χ1n) is 6.02. The van der Waals surface area contributed by atoms with Crippen molar-refractivity contribution < 1.29 is 9.90 Å². The van der Waals surface area contributed by atoms with E-state index in [0.29, 0.717) is 5.92 Å². The number of hydrogen-bond acceptors (Lipinski definition) is 1. The van der Waals surface area contributed by atoms with Gasteiger partial charge in [-0.1, -0.05) is 38.5 Å². The lowest BCUT2D eigenvalue weighted by Crippen LogP contribution is -2.31. The number of carboxylic acid groups (broad SMARTS) is 1. The molecule has 2 aliphatic carbocycles. The van der Waals surface area contributed by atoms with Gasteiger partial charge in [0.1, 0.15) is 0 Å². The highest BCUT2D eigenvalue weighted by Crippen LogP contribution is 2.42. The number of aliphatic carboxylic acids is 1. The summed E-state index contributed by atoms with van der Waals surface area (Å²) in [4.78, 5) is 11.1. The highest BCUT2D eigenvalue weighted by atomic mass is 16.4. The Morgan fingerprint density at radius 2 is 1.50 bits per heavy atom. The van der Waals surface area contributed by atoms with Gasteiger partial charge < -0.3 is 5.11 Å². The molecule has 0 aliphatic heterocycles. The van der Waals surface area contributed by atoms with Crippen LogP contribution in [-0.2, 0) is 4.79 Å². The predicted molar refractivity (Wildman–Crippen MR) is 55.0 cm³/mol. The van der Waals surface area contributed by atoms with E-state index in [9.17, 15) is 4.79 Å². The molecule has 0 saturated heterocycles. The van der Waals surface area contributed by atoms with Crippen molar-refractivity contribution >= 4 is 5.97 Å². The Kier molecular flexibility index (Phi) is 3.09. The summed E-state index contributed by atoms with van der Waals surface area (Å²) in [6, 6.07) is 0. The summed E-state index contributed by atoms with van der Waals surface area (Å²) < 4.78 is 0. The third-order valence-electron chi connectivity index (χ3n) is 4.14. The highest BCUT2D eigenvalue weighted by molar-refractivity contribution is 5.70. The van der Waals surface area contributed by atoms with Crippen LogP contribution in [0.3, 0.4) is 0 Å². The largest absolute Gasteiger partial charge is 0.481 e. The summed E-state index contributed by atoms with van der Waals surface area (Å²) in [6.45, 7) is 0. The van der Waals surface area contributed by atoms with Crippen LogP contribution in [0.2, 0.25) is 0 Å². The maximum Gasteiger partial charge on any atom is 0.306 e. The van der Waals surface area contributed by atoms with Crippen molar-refractivity contribution in [2.45, 2.75) is 51.4 Å². The highest BCUT2D eigenvalue weighted by Gasteiger charge is 2.36. The van der Waals surface area contributed by atoms with Crippen LogP contribution in [-0.4, -0.2) is 11.1 Å². The topological polar surface area (TPSA) is 37.3 Å². The van der Waals surface area contributed by atoms with Crippen molar-refractivity contribution in [3.05, 3.63) is 0 Å². The number of hydrogen-bond donors (Lipinski definition) is 1. The molecule has 0 aromatic rings. The lowest BCUT2D eigenvalue weighted by Gasteiger charge is -2.33. The van der Waals surface area contributed by atoms with Crippen molar-refractivity contribution in [2.24, 2.45) is 17.8 Å². The molecule has 0 aromatic heterocycles. The minimum atomic E-state index is -0.540. The molecule has 2 atom stereocenters. The molecule has 0 spiro atoms. The smallest absolute Gasteiger partial charge is 0.306 e. The van der Waals surface area contributed by atoms with E-state index in [1.54, 1.807) is 0 Å². The summed E-state index contributed by atoms with van der Waals surface area (Å²) >= 11 is 0. The molecule has 2 nitrogen and oxygen atoms in total. The molecule has 2 rings (SSSR count). The summed E-state index contributed by atoms with van der Waals surface area (Å²) in [5.74, 6) is 0.675. The molecule has 2 unspecified atom stereocenters. The Morgan fingerprint density at radius 1 is 0.929 bits per heavy atom. The van der Waals surface area contributed by atoms with Gasteiger partial charge in [-0.15, -0.1) is 0 Å². The number of rotatable bonds is 2. The average Bonchev–Trinajstić information content (AvgIpc) is 2.70. The van der Waals surface area contributed by atoms with Crippen LogP contribution in [0.4, 0.5) is 0 Å². The van der Waals surface area contributed by atoms with E-state index >= 15 is 0 Å². The minimum Gasteiger partial charge on any atom is -0.481 e. The van der Waals surface area contributed by atoms with Crippen LogP contribution in [0.15, 0.2) is 0 Å². The van der Waals surface area contributed by atoms with Gasteiger partial charge in [-0.05, 0) is 24.7 Å². The SMILES string of the molecule is O=C(O)C1CCCCC1C1CCCC1. The molecule has 0 amide bonds. The number of carbonyl (C=O) groups is 1. The molecule has 0 bridgehead atoms. The maximum absolute atomic E-state index is 11.1. The van der Waals surface area contributed by atoms with Gasteiger partial charge >= 0.3 is 5.97 Å². The van der Waals surface area contributed by atoms with Gasteiger partial charge in [-0.25, -0.2) is 0 Å². The zero-order valence-electron chi connectivity index (χ0n) is 8.74. The van der Waals surface area contributed by atoms with Crippen LogP contribution < -0.4 is 0 Å². The maximum atomic E-state index is 11.1. The van der Waals surface area contributed by atoms with Gasteiger partial charge in [0.25, 0.3) is 0 Å². The lowest BCUT2D eigenvalue weighted by molar-refractivity contribution is -0.145. The second kappa shape index (κ2) is 4.33. The van der Waals surface area contributed by atoms with Crippen molar-refractivity contribution in [1.29, 1.82) is 0 Å². The standard InChI is InChI=1S/C12H20O2/c13-12(14)11-8-4-3-7-10(11)9-5-1-2-6-9/h9-11H,1-8H2,(H,13,14). The van der Waals surface area contributed by atoms with Crippen molar-refractivity contribution in [3.8, 4) is 0 Å². The summed E-state index contributed by atoms with van der Waals surface area (Å²) in [6.07, 6.45) is 9.70. The van der Waals surface area contributed by atoms with Crippen LogP contribution in [0, 0.1) is 17.8 Å². The van der Waals surface area contributed by atoms with Crippen LogP contribution in [0.1, 0.15) is 51.4 Å². The van der Waals surface area contributed by atoms with Crippen molar-refractivity contribution in [3.63, 3.8) is 0 Å². The molecule has 0 aromatic carbocycles. The summed E-state index contributed by atoms with van der Waals surface area (Å²) in [5.41, 5.74) is 0. The van der Waals surface area contributed by atoms with Crippen LogP contribution >= 0.6 is 0 Å². The quantitative estimate of drug-likeness (QED) is 0.737. The average molecular weight is 196 g/mol. The second-order valence-corrected chi connectivity index (χ2v) is 4.94. The van der Waals surface area contributed by atoms with Gasteiger partial charge in [0.2, 0.25) is 0 Å². The van der Waals surface area contributed by atoms with E-state index in [2.05, 4.69) is 0 Å². The molecule has 80 valence electrons. The van der Waals surface area contributed by atoms with Gasteiger partial charge in [0.05, 0.1) is 5.92 Å². The fraction of sp³-hybridized carbons (Fsp3) is 0.917. The van der Waals surface area contributed by atoms with E-state index < -0.39 is 5.97 Å². The fourth-order valence-corrected chi connectivity index (χ4v) is 3.42. The van der Waals surface area contributed by atoms with E-state index in [0.717, 1.165) is 18.8 Å². The molecular formula is C12H20O2. The molecule has 2 heteroatoms. The first-order chi connectivity index (χ1) is 6.79. The Morgan fingerprint density at radius 3 is 2.14 bits per heavy atom. The van der Waals surface area contributed by atoms with E-state index in [4.69, 9.17) is 5.11 Å². The van der Waals surface area contributed by atoms with Gasteiger partial charge in [-0.2, -0.15) is 0 Å². The zero-order chi connectivity index (χ0) is 9.97. The minimum absolute atomic E-state index is 0.0214. The fourth-order valence-electron chi connectivity index (χ4n) is 3.42. The van der Waals surface area contributed by atoms with Crippen molar-refractivity contribution in [2.75, 3.05) is 0 Å². The molecule has 0 radical (unpaired) electrons. The Balaban J connectivity index is 2.01. The van der Waals surface area contributed by atoms with Crippen LogP contribution in [0.5, 0.6) is 0 Å². The summed E-state index contributed by atoms with van der Waals surface area (Å²) in [7, 11) is 0. The van der Waals surface area contributed by atoms with E-state index in [-0.39, 0.29) is 5.92 Å². The molecule has 0 heterocycles. The van der Waals surface area contributed by atoms with Crippen molar-refractivity contribution in [1.82, 2.24) is 0 Å². The van der Waals surface area contributed by atoms with Gasteiger partial charge in [0, 0.05) is 0 Å². The molecule has 1 N–H and O–H groups in total. The normalized spacial score (nSPS) is 34.6. The molecule has 2 saturated carbocycles. The molecule has 14 heavy (non-hydrogen) atoms. The molecular weight excluding hydrogens is 176 g/mol. The van der Waals surface area contributed by atoms with E-state index in [1.807, 2.05) is 0 Å².